The molecule has 1 amide bonds. The Bertz CT molecular complexity index is 1970. The average molecular weight is 704 g/mol. The number of rotatable bonds is 9. The molecule has 15 heteroatoms. The molecule has 4 aromatic rings. The number of aromatic carboxylic acids is 1. The van der Waals surface area contributed by atoms with Crippen LogP contribution in [0.4, 0.5) is 13.2 Å². The number of hydrogen-bond acceptors (Lipinski definition) is 8. The van der Waals surface area contributed by atoms with Gasteiger partial charge in [0.15, 0.2) is 0 Å². The number of benzene rings is 1. The molecule has 1 aromatic carbocycles. The smallest absolute Gasteiger partial charge is 0.401 e. The van der Waals surface area contributed by atoms with Crippen molar-refractivity contribution in [1.82, 2.24) is 24.3 Å². The van der Waals surface area contributed by atoms with E-state index in [1.54, 1.807) is 53.9 Å². The molecular weight excluding hydrogens is 671 g/mol. The van der Waals surface area contributed by atoms with Crippen molar-refractivity contribution in [1.29, 1.82) is 0 Å². The van der Waals surface area contributed by atoms with Crippen LogP contribution in [0, 0.1) is 19.8 Å². The zero-order valence-corrected chi connectivity index (χ0v) is 28.0. The van der Waals surface area contributed by atoms with Gasteiger partial charge in [-0.15, -0.1) is 11.3 Å². The minimum atomic E-state index is -4.30. The van der Waals surface area contributed by atoms with Crippen molar-refractivity contribution in [2.24, 2.45) is 5.92 Å². The minimum Gasteiger partial charge on any atom is -0.491 e. The number of fused-ring (bicyclic) bond motifs is 2. The zero-order chi connectivity index (χ0) is 34.5. The molecule has 254 valence electrons. The van der Waals surface area contributed by atoms with Gasteiger partial charge in [0.1, 0.15) is 18.2 Å². The van der Waals surface area contributed by atoms with Crippen LogP contribution in [-0.4, -0.2) is 86.8 Å². The molecule has 0 bridgehead atoms. The summed E-state index contributed by atoms with van der Waals surface area (Å²) < 4.78 is 46.5. The number of hydrogen-bond donors (Lipinski definition) is 1. The number of likely N-dealkylation sites (tertiary alicyclic amines) is 1. The van der Waals surface area contributed by atoms with E-state index in [9.17, 15) is 32.7 Å². The minimum absolute atomic E-state index is 0.0667. The second-order valence-electron chi connectivity index (χ2n) is 12.3. The van der Waals surface area contributed by atoms with E-state index in [0.717, 1.165) is 5.56 Å². The maximum Gasteiger partial charge on any atom is 0.401 e. The van der Waals surface area contributed by atoms with Crippen molar-refractivity contribution in [3.05, 3.63) is 73.4 Å². The maximum absolute atomic E-state index is 13.7. The number of carboxylic acid groups (broad SMARTS) is 1. The molecule has 6 rings (SSSR count). The van der Waals surface area contributed by atoms with Gasteiger partial charge in [-0.05, 0) is 51.0 Å². The van der Waals surface area contributed by atoms with Gasteiger partial charge in [0.05, 0.1) is 40.5 Å². The molecule has 1 fully saturated rings. The highest BCUT2D eigenvalue weighted by molar-refractivity contribution is 7.18. The van der Waals surface area contributed by atoms with Crippen LogP contribution in [0.2, 0.25) is 5.02 Å². The Morgan fingerprint density at radius 3 is 2.62 bits per heavy atom. The first kappa shape index (κ1) is 33.9. The van der Waals surface area contributed by atoms with Gasteiger partial charge in [0, 0.05) is 65.4 Å². The highest BCUT2D eigenvalue weighted by Crippen LogP contribution is 2.40. The zero-order valence-electron chi connectivity index (χ0n) is 26.4. The van der Waals surface area contributed by atoms with Gasteiger partial charge < -0.3 is 14.7 Å². The molecular formula is C33H33ClF3N5O5S. The third-order valence-corrected chi connectivity index (χ3v) is 10.2. The van der Waals surface area contributed by atoms with E-state index in [1.165, 1.54) is 16.2 Å². The van der Waals surface area contributed by atoms with Crippen molar-refractivity contribution in [3.8, 4) is 16.9 Å². The quantitative estimate of drug-likeness (QED) is 0.247. The molecule has 1 unspecified atom stereocenters. The maximum atomic E-state index is 13.7. The number of aryl methyl sites for hydroxylation is 3. The summed E-state index contributed by atoms with van der Waals surface area (Å²) in [6, 6.07) is 6.76. The normalized spacial score (nSPS) is 16.9. The highest BCUT2D eigenvalue weighted by atomic mass is 35.5. The van der Waals surface area contributed by atoms with Gasteiger partial charge in [0.25, 0.3) is 5.56 Å². The summed E-state index contributed by atoms with van der Waals surface area (Å²) >= 11 is 7.65. The van der Waals surface area contributed by atoms with Gasteiger partial charge in [-0.2, -0.15) is 13.2 Å². The Morgan fingerprint density at radius 1 is 1.17 bits per heavy atom. The van der Waals surface area contributed by atoms with Crippen molar-refractivity contribution >= 4 is 45.0 Å². The van der Waals surface area contributed by atoms with E-state index in [2.05, 4.69) is 4.98 Å². The molecule has 0 radical (unpaired) electrons. The Hall–Kier alpha value is -4.01. The van der Waals surface area contributed by atoms with Gasteiger partial charge in [0.2, 0.25) is 5.91 Å². The molecule has 0 saturated carbocycles. The van der Waals surface area contributed by atoms with Crippen LogP contribution in [0.5, 0.6) is 5.75 Å². The lowest BCUT2D eigenvalue weighted by molar-refractivity contribution is -0.167. The first-order valence-electron chi connectivity index (χ1n) is 15.4. The number of halogens is 4. The fraction of sp³-hybridized carbons (Fsp3) is 0.424. The molecule has 1 aliphatic heterocycles. The SMILES string of the molecule is Cc1cc(-c2cc(Cl)ccc2OCCn2c(C)nc3c(c2=O)CC(N(C)C(=O)C2CN(CC(F)(F)F)C2)CC3)c2scc(C(=O)O)c2n1. The molecule has 2 aliphatic rings. The van der Waals surface area contributed by atoms with Crippen molar-refractivity contribution < 1.29 is 32.6 Å². The molecule has 48 heavy (non-hydrogen) atoms. The lowest BCUT2D eigenvalue weighted by Crippen LogP contribution is -2.57. The second kappa shape index (κ2) is 13.1. The van der Waals surface area contributed by atoms with Crippen LogP contribution in [0.3, 0.4) is 0 Å². The van der Waals surface area contributed by atoms with Gasteiger partial charge in [-0.3, -0.25) is 24.0 Å². The van der Waals surface area contributed by atoms with E-state index in [1.807, 2.05) is 6.07 Å². The van der Waals surface area contributed by atoms with Crippen LogP contribution in [0.15, 0.2) is 34.4 Å². The fourth-order valence-corrected chi connectivity index (χ4v) is 7.74. The molecule has 0 spiro atoms. The summed E-state index contributed by atoms with van der Waals surface area (Å²) in [5.41, 5.74) is 3.54. The van der Waals surface area contributed by atoms with E-state index < -0.39 is 24.6 Å². The highest BCUT2D eigenvalue weighted by Gasteiger charge is 2.42. The van der Waals surface area contributed by atoms with E-state index in [-0.39, 0.29) is 49.3 Å². The average Bonchev–Trinajstić information content (AvgIpc) is 3.43. The summed E-state index contributed by atoms with van der Waals surface area (Å²) in [4.78, 5) is 50.6. The largest absolute Gasteiger partial charge is 0.491 e. The van der Waals surface area contributed by atoms with Crippen LogP contribution in [-0.2, 0) is 24.2 Å². The molecule has 4 heterocycles. The number of thiophene rings is 1. The number of alkyl halides is 3. The van der Waals surface area contributed by atoms with Crippen LogP contribution < -0.4 is 10.3 Å². The number of aromatic nitrogens is 3. The van der Waals surface area contributed by atoms with Gasteiger partial charge in [-0.1, -0.05) is 11.6 Å². The lowest BCUT2D eigenvalue weighted by atomic mass is 9.90. The summed E-state index contributed by atoms with van der Waals surface area (Å²) in [6.07, 6.45) is -2.88. The fourth-order valence-electron chi connectivity index (χ4n) is 6.55. The van der Waals surface area contributed by atoms with Crippen molar-refractivity contribution in [2.45, 2.75) is 51.9 Å². The first-order chi connectivity index (χ1) is 22.7. The van der Waals surface area contributed by atoms with Crippen molar-refractivity contribution in [3.63, 3.8) is 0 Å². The third-order valence-electron chi connectivity index (χ3n) is 8.98. The first-order valence-corrected chi connectivity index (χ1v) is 16.7. The summed E-state index contributed by atoms with van der Waals surface area (Å²) in [5.74, 6) is -0.734. The van der Waals surface area contributed by atoms with Crippen LogP contribution >= 0.6 is 22.9 Å². The number of carbonyl (C=O) groups excluding carboxylic acids is 1. The molecule has 10 nitrogen and oxygen atoms in total. The Balaban J connectivity index is 1.17. The number of likely N-dealkylation sites (N-methyl/N-ethyl adjacent to an activating group) is 1. The summed E-state index contributed by atoms with van der Waals surface area (Å²) in [5, 5.41) is 11.7. The van der Waals surface area contributed by atoms with Crippen LogP contribution in [0.25, 0.3) is 21.3 Å². The monoisotopic (exact) mass is 703 g/mol. The summed E-state index contributed by atoms with van der Waals surface area (Å²) in [6.45, 7) is 2.96. The van der Waals surface area contributed by atoms with Crippen LogP contribution in [0.1, 0.15) is 39.6 Å². The second-order valence-corrected chi connectivity index (χ2v) is 13.6. The predicted octanol–water partition coefficient (Wildman–Crippen LogP) is 5.38. The van der Waals surface area contributed by atoms with E-state index >= 15 is 0 Å². The number of amides is 1. The third kappa shape index (κ3) is 6.78. The molecule has 3 aromatic heterocycles. The van der Waals surface area contributed by atoms with E-state index in [4.69, 9.17) is 21.3 Å². The number of carbonyl (C=O) groups is 2. The number of nitrogens with zero attached hydrogens (tertiary/aromatic N) is 5. The Morgan fingerprint density at radius 2 is 1.92 bits per heavy atom. The Labute approximate surface area is 282 Å². The lowest BCUT2D eigenvalue weighted by Gasteiger charge is -2.42. The van der Waals surface area contributed by atoms with Gasteiger partial charge >= 0.3 is 12.1 Å². The Kier molecular flexibility index (Phi) is 9.26. The molecule has 1 aliphatic carbocycles. The standard InChI is InChI=1S/C33H33ClF3N5O5S/c1-17-10-23(29-28(38-17)25(15-48-29)32(45)46)22-11-20(34)4-7-27(22)47-9-8-42-18(2)39-26-6-5-21(12-24(26)31(42)44)40(3)30(43)19-13-41(14-19)16-33(35,36)37/h4,7,10-11,15,19,21H,5-6,8-9,12-14,16H2,1-3H3,(H,45,46). The van der Waals surface area contributed by atoms with Crippen molar-refractivity contribution in [2.75, 3.05) is 33.3 Å². The topological polar surface area (TPSA) is 118 Å². The molecule has 1 atom stereocenters. The number of pyridine rings is 1. The summed E-state index contributed by atoms with van der Waals surface area (Å²) in [7, 11) is 1.65. The number of ether oxygens (including phenoxy) is 1. The van der Waals surface area contributed by atoms with E-state index in [0.29, 0.717) is 68.6 Å². The molecule has 1 saturated heterocycles. The molecule has 1 N–H and O–H groups in total. The predicted molar refractivity (Wildman–Crippen MR) is 175 cm³/mol. The number of carboxylic acids is 1. The van der Waals surface area contributed by atoms with Gasteiger partial charge in [-0.25, -0.2) is 9.78 Å².